The summed E-state index contributed by atoms with van der Waals surface area (Å²) in [5.41, 5.74) is 0. The highest BCUT2D eigenvalue weighted by Gasteiger charge is 2.36. The summed E-state index contributed by atoms with van der Waals surface area (Å²) in [4.78, 5) is 11.6. The Morgan fingerprint density at radius 2 is 2.18 bits per heavy atom. The molecule has 2 aliphatic carbocycles. The van der Waals surface area contributed by atoms with E-state index in [1.165, 1.54) is 20.0 Å². The van der Waals surface area contributed by atoms with Gasteiger partial charge in [-0.1, -0.05) is 26.0 Å². The molecule has 3 heteroatoms. The zero-order chi connectivity index (χ0) is 12.4. The molecule has 0 aromatic carbocycles. The topological polar surface area (TPSA) is 38.3 Å². The fraction of sp³-hybridized carbons (Fsp3) is 0.786. The molecule has 0 aromatic heterocycles. The molecule has 0 spiro atoms. The van der Waals surface area contributed by atoms with Gasteiger partial charge in [0.2, 0.25) is 0 Å². The molecule has 0 aromatic rings. The van der Waals surface area contributed by atoms with Crippen molar-refractivity contribution in [3.05, 3.63) is 12.2 Å². The number of rotatable bonds is 5. The van der Waals surface area contributed by atoms with Crippen LogP contribution in [0.3, 0.4) is 0 Å². The molecule has 4 atom stereocenters. The molecular formula is C14H23NO2. The van der Waals surface area contributed by atoms with E-state index in [9.17, 15) is 4.79 Å². The normalized spacial score (nSPS) is 32.1. The second-order valence-corrected chi connectivity index (χ2v) is 5.69. The van der Waals surface area contributed by atoms with Crippen LogP contribution in [0.1, 0.15) is 26.7 Å². The predicted octanol–water partition coefficient (Wildman–Crippen LogP) is 1.99. The lowest BCUT2D eigenvalue weighted by Crippen LogP contribution is -2.44. The van der Waals surface area contributed by atoms with Crippen LogP contribution < -0.4 is 5.32 Å². The van der Waals surface area contributed by atoms with Crippen LogP contribution in [0.15, 0.2) is 12.2 Å². The van der Waals surface area contributed by atoms with Crippen LogP contribution in [0, 0.1) is 23.7 Å². The lowest BCUT2D eigenvalue weighted by molar-refractivity contribution is -0.144. The van der Waals surface area contributed by atoms with Gasteiger partial charge >= 0.3 is 5.97 Å². The van der Waals surface area contributed by atoms with Crippen LogP contribution in [0.2, 0.25) is 0 Å². The smallest absolute Gasteiger partial charge is 0.323 e. The number of carbonyl (C=O) groups excluding carboxylic acids is 1. The maximum Gasteiger partial charge on any atom is 0.323 e. The molecule has 2 rings (SSSR count). The summed E-state index contributed by atoms with van der Waals surface area (Å²) in [7, 11) is 1.46. The third kappa shape index (κ3) is 2.71. The van der Waals surface area contributed by atoms with Gasteiger partial charge in [-0.2, -0.15) is 0 Å². The van der Waals surface area contributed by atoms with Crippen LogP contribution in [0.5, 0.6) is 0 Å². The molecule has 17 heavy (non-hydrogen) atoms. The summed E-state index contributed by atoms with van der Waals surface area (Å²) in [6, 6.07) is -0.164. The Bertz CT molecular complexity index is 311. The molecule has 0 saturated heterocycles. The standard InChI is InChI=1S/C14H23NO2/c1-9(2)13(14(16)17-3)15-8-12-7-10-4-5-11(12)6-10/h4-5,9-13,15H,6-8H2,1-3H3. The molecule has 4 unspecified atom stereocenters. The fourth-order valence-electron chi connectivity index (χ4n) is 3.13. The first-order valence-electron chi connectivity index (χ1n) is 6.61. The molecule has 3 nitrogen and oxygen atoms in total. The average molecular weight is 237 g/mol. The molecule has 0 heterocycles. The highest BCUT2D eigenvalue weighted by Crippen LogP contribution is 2.43. The van der Waals surface area contributed by atoms with Crippen LogP contribution >= 0.6 is 0 Å². The van der Waals surface area contributed by atoms with Gasteiger partial charge in [-0.3, -0.25) is 4.79 Å². The SMILES string of the molecule is COC(=O)C(NCC1CC2C=CC1C2)C(C)C. The van der Waals surface area contributed by atoms with Crippen molar-refractivity contribution < 1.29 is 9.53 Å². The molecule has 0 amide bonds. The van der Waals surface area contributed by atoms with E-state index in [-0.39, 0.29) is 17.9 Å². The molecule has 2 bridgehead atoms. The Kier molecular flexibility index (Phi) is 3.87. The lowest BCUT2D eigenvalue weighted by Gasteiger charge is -2.24. The van der Waals surface area contributed by atoms with Gasteiger partial charge in [-0.15, -0.1) is 0 Å². The Balaban J connectivity index is 1.83. The fourth-order valence-corrected chi connectivity index (χ4v) is 3.13. The molecule has 1 saturated carbocycles. The zero-order valence-electron chi connectivity index (χ0n) is 11.0. The van der Waals surface area contributed by atoms with Crippen molar-refractivity contribution in [2.75, 3.05) is 13.7 Å². The van der Waals surface area contributed by atoms with Crippen molar-refractivity contribution in [2.24, 2.45) is 23.7 Å². The van der Waals surface area contributed by atoms with Crippen LogP contribution in [-0.2, 0) is 9.53 Å². The maximum atomic E-state index is 11.6. The number of ether oxygens (including phenoxy) is 1. The Labute approximate surface area is 104 Å². The summed E-state index contributed by atoms with van der Waals surface area (Å²) >= 11 is 0. The first-order valence-corrected chi connectivity index (χ1v) is 6.61. The second kappa shape index (κ2) is 5.21. The summed E-state index contributed by atoms with van der Waals surface area (Å²) in [6.07, 6.45) is 7.29. The molecule has 1 fully saturated rings. The average Bonchev–Trinajstić information content (AvgIpc) is 2.90. The summed E-state index contributed by atoms with van der Waals surface area (Å²) in [6.45, 7) is 5.04. The van der Waals surface area contributed by atoms with E-state index in [1.807, 2.05) is 0 Å². The highest BCUT2D eigenvalue weighted by molar-refractivity contribution is 5.75. The molecule has 96 valence electrons. The van der Waals surface area contributed by atoms with Gasteiger partial charge in [0.1, 0.15) is 6.04 Å². The minimum atomic E-state index is -0.164. The maximum absolute atomic E-state index is 11.6. The third-order valence-corrected chi connectivity index (χ3v) is 4.14. The van der Waals surface area contributed by atoms with Gasteiger partial charge < -0.3 is 10.1 Å². The Morgan fingerprint density at radius 1 is 1.41 bits per heavy atom. The van der Waals surface area contributed by atoms with E-state index in [2.05, 4.69) is 31.3 Å². The van der Waals surface area contributed by atoms with E-state index < -0.39 is 0 Å². The third-order valence-electron chi connectivity index (χ3n) is 4.14. The van der Waals surface area contributed by atoms with Crippen molar-refractivity contribution in [3.63, 3.8) is 0 Å². The zero-order valence-corrected chi connectivity index (χ0v) is 11.0. The molecular weight excluding hydrogens is 214 g/mol. The summed E-state index contributed by atoms with van der Waals surface area (Å²) in [5.74, 6) is 2.37. The van der Waals surface area contributed by atoms with Crippen molar-refractivity contribution >= 4 is 5.97 Å². The summed E-state index contributed by atoms with van der Waals surface area (Å²) < 4.78 is 4.84. The van der Waals surface area contributed by atoms with E-state index in [0.717, 1.165) is 18.4 Å². The largest absolute Gasteiger partial charge is 0.468 e. The van der Waals surface area contributed by atoms with E-state index in [1.54, 1.807) is 0 Å². The van der Waals surface area contributed by atoms with Crippen molar-refractivity contribution in [2.45, 2.75) is 32.7 Å². The lowest BCUT2D eigenvalue weighted by atomic mass is 9.93. The number of fused-ring (bicyclic) bond motifs is 2. The highest BCUT2D eigenvalue weighted by atomic mass is 16.5. The number of methoxy groups -OCH3 is 1. The number of hydrogen-bond acceptors (Lipinski definition) is 3. The first-order chi connectivity index (χ1) is 8.11. The molecule has 0 aliphatic heterocycles. The minimum absolute atomic E-state index is 0.140. The van der Waals surface area contributed by atoms with Crippen molar-refractivity contribution in [1.82, 2.24) is 5.32 Å². The van der Waals surface area contributed by atoms with Gasteiger partial charge in [-0.25, -0.2) is 0 Å². The molecule has 1 N–H and O–H groups in total. The Hall–Kier alpha value is -0.830. The van der Waals surface area contributed by atoms with E-state index in [0.29, 0.717) is 5.92 Å². The predicted molar refractivity (Wildman–Crippen MR) is 67.5 cm³/mol. The number of allylic oxidation sites excluding steroid dienone is 2. The molecule has 0 radical (unpaired) electrons. The van der Waals surface area contributed by atoms with Crippen LogP contribution in [0.25, 0.3) is 0 Å². The quantitative estimate of drug-likeness (QED) is 0.587. The number of nitrogens with one attached hydrogen (secondary N) is 1. The van der Waals surface area contributed by atoms with Crippen molar-refractivity contribution in [1.29, 1.82) is 0 Å². The van der Waals surface area contributed by atoms with Crippen LogP contribution in [-0.4, -0.2) is 25.7 Å². The van der Waals surface area contributed by atoms with Gasteiger partial charge in [0.15, 0.2) is 0 Å². The van der Waals surface area contributed by atoms with Crippen LogP contribution in [0.4, 0.5) is 0 Å². The molecule has 2 aliphatic rings. The van der Waals surface area contributed by atoms with Gasteiger partial charge in [0.25, 0.3) is 0 Å². The number of esters is 1. The van der Waals surface area contributed by atoms with Crippen molar-refractivity contribution in [3.8, 4) is 0 Å². The number of carbonyl (C=O) groups is 1. The minimum Gasteiger partial charge on any atom is -0.468 e. The Morgan fingerprint density at radius 3 is 2.65 bits per heavy atom. The first kappa shape index (κ1) is 12.6. The van der Waals surface area contributed by atoms with Gasteiger partial charge in [0.05, 0.1) is 7.11 Å². The second-order valence-electron chi connectivity index (χ2n) is 5.69. The van der Waals surface area contributed by atoms with Gasteiger partial charge in [0, 0.05) is 0 Å². The van der Waals surface area contributed by atoms with E-state index in [4.69, 9.17) is 4.74 Å². The number of hydrogen-bond donors (Lipinski definition) is 1. The van der Waals surface area contributed by atoms with E-state index >= 15 is 0 Å². The monoisotopic (exact) mass is 237 g/mol. The summed E-state index contributed by atoms with van der Waals surface area (Å²) in [5, 5.41) is 3.39. The van der Waals surface area contributed by atoms with Gasteiger partial charge in [-0.05, 0) is 43.1 Å².